The molecule has 40 heavy (non-hydrogen) atoms. The van der Waals surface area contributed by atoms with Gasteiger partial charge in [0.05, 0.1) is 4.90 Å². The number of ether oxygens (including phenoxy) is 1. The van der Waals surface area contributed by atoms with Crippen LogP contribution in [0.3, 0.4) is 0 Å². The van der Waals surface area contributed by atoms with Crippen LogP contribution in [0.2, 0.25) is 0 Å². The molecule has 0 aliphatic carbocycles. The van der Waals surface area contributed by atoms with Gasteiger partial charge >= 0.3 is 0 Å². The summed E-state index contributed by atoms with van der Waals surface area (Å²) in [5.74, 6) is -0.108. The molecule has 1 N–H and O–H groups in total. The molecule has 0 bridgehead atoms. The number of benzene rings is 2. The summed E-state index contributed by atoms with van der Waals surface area (Å²) in [7, 11) is -0.439. The first-order valence-electron chi connectivity index (χ1n) is 14.3. The first-order chi connectivity index (χ1) is 19.1. The van der Waals surface area contributed by atoms with Gasteiger partial charge in [-0.25, -0.2) is 12.7 Å². The van der Waals surface area contributed by atoms with E-state index in [1.165, 1.54) is 35.8 Å². The van der Waals surface area contributed by atoms with Crippen LogP contribution in [-0.4, -0.2) is 75.0 Å². The Hall–Kier alpha value is -2.72. The Kier molecular flexibility index (Phi) is 10.1. The lowest BCUT2D eigenvalue weighted by Crippen LogP contribution is -2.28. The van der Waals surface area contributed by atoms with Crippen LogP contribution < -0.4 is 5.32 Å². The number of aromatic nitrogens is 1. The molecule has 1 unspecified atom stereocenters. The summed E-state index contributed by atoms with van der Waals surface area (Å²) in [5.41, 5.74) is 4.85. The topological polar surface area (TPSA) is 83.9 Å². The standard InChI is InChI=1S/C31H44N4O4S/c1-23-11-12-26(10-8-18-34-16-6-7-17-34)20-29(23)32-31(36)25(3)35-22-24(2)28-21-27(13-14-30(28)35)40(37,38)33(4)15-9-19-39-5/h11-14,20-22,25H,6-10,15-19H2,1-5H3,(H,32,36). The highest BCUT2D eigenvalue weighted by molar-refractivity contribution is 7.89. The van der Waals surface area contributed by atoms with Gasteiger partial charge in [-0.15, -0.1) is 0 Å². The normalized spacial score (nSPS) is 15.2. The van der Waals surface area contributed by atoms with Crippen molar-refractivity contribution in [2.75, 3.05) is 52.3 Å². The zero-order valence-electron chi connectivity index (χ0n) is 24.6. The first-order valence-corrected chi connectivity index (χ1v) is 15.7. The molecule has 1 aromatic heterocycles. The molecule has 9 heteroatoms. The SMILES string of the molecule is COCCCN(C)S(=O)(=O)c1ccc2c(c1)c(C)cn2C(C)C(=O)Nc1cc(CCCN2CCCC2)ccc1C. The molecule has 0 spiro atoms. The smallest absolute Gasteiger partial charge is 0.247 e. The first kappa shape index (κ1) is 30.2. The van der Waals surface area contributed by atoms with Crippen LogP contribution >= 0.6 is 0 Å². The second kappa shape index (κ2) is 13.3. The molecule has 1 atom stereocenters. The van der Waals surface area contributed by atoms with E-state index in [1.807, 2.05) is 31.5 Å². The number of hydrogen-bond acceptors (Lipinski definition) is 5. The molecule has 3 aromatic rings. The maximum absolute atomic E-state index is 13.4. The molecule has 0 saturated carbocycles. The molecule has 1 amide bonds. The molecular weight excluding hydrogens is 524 g/mol. The number of fused-ring (bicyclic) bond motifs is 1. The van der Waals surface area contributed by atoms with Gasteiger partial charge in [0.2, 0.25) is 15.9 Å². The highest BCUT2D eigenvalue weighted by Crippen LogP contribution is 2.29. The minimum atomic E-state index is -3.63. The van der Waals surface area contributed by atoms with Crippen LogP contribution in [0.5, 0.6) is 0 Å². The van der Waals surface area contributed by atoms with E-state index in [4.69, 9.17) is 4.74 Å². The van der Waals surface area contributed by atoms with Crippen molar-refractivity contribution in [1.82, 2.24) is 13.8 Å². The predicted molar refractivity (Wildman–Crippen MR) is 161 cm³/mol. The van der Waals surface area contributed by atoms with E-state index in [9.17, 15) is 13.2 Å². The van der Waals surface area contributed by atoms with Gasteiger partial charge in [-0.2, -0.15) is 0 Å². The average molecular weight is 569 g/mol. The third kappa shape index (κ3) is 6.94. The van der Waals surface area contributed by atoms with Gasteiger partial charge in [-0.3, -0.25) is 4.79 Å². The number of methoxy groups -OCH3 is 1. The second-order valence-corrected chi connectivity index (χ2v) is 13.1. The number of carbonyl (C=O) groups excluding carboxylic acids is 1. The number of likely N-dealkylation sites (tertiary alicyclic amines) is 1. The number of rotatable bonds is 13. The average Bonchev–Trinajstić information content (AvgIpc) is 3.57. The molecular formula is C31H44N4O4S. The van der Waals surface area contributed by atoms with E-state index < -0.39 is 16.1 Å². The van der Waals surface area contributed by atoms with Gasteiger partial charge < -0.3 is 19.5 Å². The van der Waals surface area contributed by atoms with Crippen LogP contribution in [0.1, 0.15) is 55.3 Å². The number of sulfonamides is 1. The fourth-order valence-corrected chi connectivity index (χ4v) is 6.69. The van der Waals surface area contributed by atoms with Crippen molar-refractivity contribution in [1.29, 1.82) is 0 Å². The van der Waals surface area contributed by atoms with Gasteiger partial charge in [-0.1, -0.05) is 12.1 Å². The molecule has 218 valence electrons. The number of anilines is 1. The number of hydrogen-bond donors (Lipinski definition) is 1. The number of nitrogens with one attached hydrogen (secondary N) is 1. The van der Waals surface area contributed by atoms with Crippen molar-refractivity contribution in [3.8, 4) is 0 Å². The molecule has 1 aliphatic heterocycles. The third-order valence-corrected chi connectivity index (χ3v) is 9.88. The van der Waals surface area contributed by atoms with Crippen molar-refractivity contribution in [3.05, 3.63) is 59.3 Å². The Morgan fingerprint density at radius 2 is 1.82 bits per heavy atom. The van der Waals surface area contributed by atoms with E-state index in [0.717, 1.165) is 47.1 Å². The van der Waals surface area contributed by atoms with Crippen molar-refractivity contribution >= 4 is 32.5 Å². The van der Waals surface area contributed by atoms with Crippen LogP contribution in [-0.2, 0) is 26.0 Å². The highest BCUT2D eigenvalue weighted by atomic mass is 32.2. The monoisotopic (exact) mass is 568 g/mol. The maximum Gasteiger partial charge on any atom is 0.247 e. The second-order valence-electron chi connectivity index (χ2n) is 11.0. The summed E-state index contributed by atoms with van der Waals surface area (Å²) in [6.07, 6.45) is 7.27. The quantitative estimate of drug-likeness (QED) is 0.289. The highest BCUT2D eigenvalue weighted by Gasteiger charge is 2.24. The summed E-state index contributed by atoms with van der Waals surface area (Å²) in [6, 6.07) is 11.0. The number of carbonyl (C=O) groups is 1. The maximum atomic E-state index is 13.4. The molecule has 4 rings (SSSR count). The molecule has 8 nitrogen and oxygen atoms in total. The summed E-state index contributed by atoms with van der Waals surface area (Å²) in [4.78, 5) is 16.2. The van der Waals surface area contributed by atoms with Gasteiger partial charge in [0.1, 0.15) is 6.04 Å². The summed E-state index contributed by atoms with van der Waals surface area (Å²) in [6.45, 7) is 10.3. The Labute approximate surface area is 239 Å². The van der Waals surface area contributed by atoms with E-state index in [1.54, 1.807) is 32.4 Å². The lowest BCUT2D eigenvalue weighted by atomic mass is 10.1. The van der Waals surface area contributed by atoms with Crippen molar-refractivity contribution in [2.45, 2.75) is 63.8 Å². The van der Waals surface area contributed by atoms with Gasteiger partial charge in [0.15, 0.2) is 0 Å². The Morgan fingerprint density at radius 3 is 2.55 bits per heavy atom. The third-order valence-electron chi connectivity index (χ3n) is 8.03. The molecule has 2 aromatic carbocycles. The van der Waals surface area contributed by atoms with Gasteiger partial charge in [-0.05, 0) is 113 Å². The fraction of sp³-hybridized carbons (Fsp3) is 0.516. The van der Waals surface area contributed by atoms with E-state index in [-0.39, 0.29) is 10.8 Å². The van der Waals surface area contributed by atoms with E-state index in [2.05, 4.69) is 28.4 Å². The van der Waals surface area contributed by atoms with Gasteiger partial charge in [0.25, 0.3) is 0 Å². The number of nitrogens with zero attached hydrogens (tertiary/aromatic N) is 3. The van der Waals surface area contributed by atoms with Crippen LogP contribution in [0.4, 0.5) is 5.69 Å². The van der Waals surface area contributed by atoms with Crippen LogP contribution in [0, 0.1) is 13.8 Å². The lowest BCUT2D eigenvalue weighted by molar-refractivity contribution is -0.118. The van der Waals surface area contributed by atoms with Crippen molar-refractivity contribution in [2.24, 2.45) is 0 Å². The zero-order chi connectivity index (χ0) is 28.9. The zero-order valence-corrected chi connectivity index (χ0v) is 25.4. The molecule has 1 aliphatic rings. The Morgan fingerprint density at radius 1 is 1.07 bits per heavy atom. The van der Waals surface area contributed by atoms with Crippen molar-refractivity contribution in [3.63, 3.8) is 0 Å². The van der Waals surface area contributed by atoms with Gasteiger partial charge in [0, 0.05) is 50.1 Å². The van der Waals surface area contributed by atoms with E-state index in [0.29, 0.717) is 19.6 Å². The predicted octanol–water partition coefficient (Wildman–Crippen LogP) is 5.14. The molecule has 1 saturated heterocycles. The summed E-state index contributed by atoms with van der Waals surface area (Å²) in [5, 5.41) is 3.97. The molecule has 2 heterocycles. The minimum absolute atomic E-state index is 0.108. The number of aryl methyl sites for hydroxylation is 3. The van der Waals surface area contributed by atoms with Crippen LogP contribution in [0.15, 0.2) is 47.5 Å². The fourth-order valence-electron chi connectivity index (χ4n) is 5.45. The largest absolute Gasteiger partial charge is 0.385 e. The number of amides is 1. The Bertz CT molecular complexity index is 1430. The molecule has 0 radical (unpaired) electrons. The van der Waals surface area contributed by atoms with Crippen LogP contribution in [0.25, 0.3) is 10.9 Å². The summed E-state index contributed by atoms with van der Waals surface area (Å²) < 4.78 is 34.6. The minimum Gasteiger partial charge on any atom is -0.385 e. The van der Waals surface area contributed by atoms with Crippen molar-refractivity contribution < 1.29 is 17.9 Å². The molecule has 1 fully saturated rings. The van der Waals surface area contributed by atoms with E-state index >= 15 is 0 Å². The lowest BCUT2D eigenvalue weighted by Gasteiger charge is -2.19. The summed E-state index contributed by atoms with van der Waals surface area (Å²) >= 11 is 0. The Balaban J connectivity index is 1.47.